The van der Waals surface area contributed by atoms with Gasteiger partial charge in [0.25, 0.3) is 5.56 Å². The topological polar surface area (TPSA) is 43.6 Å². The van der Waals surface area contributed by atoms with Gasteiger partial charge in [-0.15, -0.1) is 11.3 Å². The van der Waals surface area contributed by atoms with Crippen molar-refractivity contribution in [2.45, 2.75) is 12.8 Å². The number of para-hydroxylation sites is 3. The third-order valence-electron chi connectivity index (χ3n) is 6.60. The van der Waals surface area contributed by atoms with Gasteiger partial charge in [-0.3, -0.25) is 4.79 Å². The van der Waals surface area contributed by atoms with Crippen molar-refractivity contribution < 1.29 is 4.74 Å². The number of ether oxygens (including phenoxy) is 1. The highest BCUT2D eigenvalue weighted by Crippen LogP contribution is 2.47. The molecule has 1 unspecified atom stereocenters. The molecule has 3 aromatic carbocycles. The summed E-state index contributed by atoms with van der Waals surface area (Å²) in [4.78, 5) is 20.1. The summed E-state index contributed by atoms with van der Waals surface area (Å²) in [6.07, 6.45) is 2.02. The number of allylic oxidation sites excluding steroid dienone is 1. The van der Waals surface area contributed by atoms with Crippen molar-refractivity contribution in [3.63, 3.8) is 0 Å². The minimum Gasteiger partial charge on any atom is -0.455 e. The standard InChI is InChI=1S/C30H20N2O2S2/c1-18-12-14-19(15-13-18)27-20-7-2-5-10-24(20)34-28(25-11-6-16-35-25)21(27)17-26-29(33)32-23-9-4-3-8-22(23)31-30(32)36-26/h2-17,27H,1H3/b26-17+. The smallest absolute Gasteiger partial charge is 0.274 e. The number of nitrogens with zero attached hydrogens (tertiary/aromatic N) is 2. The molecule has 6 heteroatoms. The second-order valence-corrected chi connectivity index (χ2v) is 10.8. The largest absolute Gasteiger partial charge is 0.455 e. The predicted octanol–water partition coefficient (Wildman–Crippen LogP) is 6.41. The van der Waals surface area contributed by atoms with Crippen LogP contribution in [-0.4, -0.2) is 9.38 Å². The Balaban J connectivity index is 1.54. The van der Waals surface area contributed by atoms with Gasteiger partial charge in [-0.2, -0.15) is 0 Å². The van der Waals surface area contributed by atoms with Gasteiger partial charge < -0.3 is 4.74 Å². The van der Waals surface area contributed by atoms with Crippen molar-refractivity contribution in [3.05, 3.63) is 132 Å². The maximum atomic E-state index is 13.6. The zero-order valence-corrected chi connectivity index (χ0v) is 21.0. The summed E-state index contributed by atoms with van der Waals surface area (Å²) in [5.41, 5.74) is 6.05. The molecule has 0 saturated heterocycles. The molecule has 0 radical (unpaired) electrons. The Kier molecular flexibility index (Phi) is 4.91. The minimum atomic E-state index is -0.0711. The zero-order valence-electron chi connectivity index (χ0n) is 19.3. The summed E-state index contributed by atoms with van der Waals surface area (Å²) in [6, 6.07) is 28.7. The molecular formula is C30H20N2O2S2. The highest BCUT2D eigenvalue weighted by atomic mass is 32.1. The number of fused-ring (bicyclic) bond motifs is 4. The summed E-state index contributed by atoms with van der Waals surface area (Å²) < 4.78 is 8.90. The van der Waals surface area contributed by atoms with E-state index in [1.54, 1.807) is 15.7 Å². The van der Waals surface area contributed by atoms with E-state index in [9.17, 15) is 4.79 Å². The van der Waals surface area contributed by atoms with E-state index in [2.05, 4.69) is 48.7 Å². The lowest BCUT2D eigenvalue weighted by Crippen LogP contribution is -2.24. The second-order valence-electron chi connectivity index (χ2n) is 8.88. The van der Waals surface area contributed by atoms with Gasteiger partial charge in [0.2, 0.25) is 0 Å². The van der Waals surface area contributed by atoms with E-state index in [0.29, 0.717) is 9.49 Å². The van der Waals surface area contributed by atoms with Gasteiger partial charge in [-0.1, -0.05) is 77.6 Å². The van der Waals surface area contributed by atoms with Crippen LogP contribution in [0.2, 0.25) is 0 Å². The molecule has 1 aliphatic rings. The summed E-state index contributed by atoms with van der Waals surface area (Å²) >= 11 is 3.06. The van der Waals surface area contributed by atoms with Crippen molar-refractivity contribution in [3.8, 4) is 5.75 Å². The second kappa shape index (κ2) is 8.29. The normalized spacial score (nSPS) is 16.0. The number of rotatable bonds is 3. The van der Waals surface area contributed by atoms with Gasteiger partial charge in [0.05, 0.1) is 20.4 Å². The molecule has 7 rings (SSSR count). The molecule has 6 aromatic rings. The number of aryl methyl sites for hydroxylation is 1. The number of thiazole rings is 1. The molecule has 174 valence electrons. The zero-order chi connectivity index (χ0) is 24.2. The quantitative estimate of drug-likeness (QED) is 0.280. The van der Waals surface area contributed by atoms with Crippen LogP contribution in [0.5, 0.6) is 5.75 Å². The van der Waals surface area contributed by atoms with Crippen LogP contribution in [0, 0.1) is 6.92 Å². The van der Waals surface area contributed by atoms with E-state index >= 15 is 0 Å². The molecular weight excluding hydrogens is 484 g/mol. The number of imidazole rings is 1. The van der Waals surface area contributed by atoms with Gasteiger partial charge >= 0.3 is 0 Å². The first kappa shape index (κ1) is 21.3. The SMILES string of the molecule is Cc1ccc(C2C(/C=c3/sc4nc5ccccc5n4c3=O)=C(c3cccs3)Oc3ccccc32)cc1. The number of benzene rings is 3. The van der Waals surface area contributed by atoms with E-state index in [1.807, 2.05) is 54.6 Å². The molecule has 0 fully saturated rings. The third-order valence-corrected chi connectivity index (χ3v) is 8.44. The molecule has 1 aliphatic heterocycles. The average Bonchev–Trinajstić information content (AvgIpc) is 3.62. The first-order valence-corrected chi connectivity index (χ1v) is 13.4. The van der Waals surface area contributed by atoms with Crippen molar-refractivity contribution in [2.75, 3.05) is 0 Å². The summed E-state index contributed by atoms with van der Waals surface area (Å²) in [7, 11) is 0. The van der Waals surface area contributed by atoms with Crippen LogP contribution in [0.15, 0.2) is 101 Å². The molecule has 0 amide bonds. The minimum absolute atomic E-state index is 0.0526. The highest BCUT2D eigenvalue weighted by molar-refractivity contribution is 7.15. The van der Waals surface area contributed by atoms with E-state index in [1.165, 1.54) is 16.9 Å². The molecule has 4 nitrogen and oxygen atoms in total. The predicted molar refractivity (Wildman–Crippen MR) is 148 cm³/mol. The Morgan fingerprint density at radius 2 is 1.75 bits per heavy atom. The van der Waals surface area contributed by atoms with Gasteiger partial charge in [-0.05, 0) is 48.2 Å². The third kappa shape index (κ3) is 3.33. The molecule has 0 N–H and O–H groups in total. The van der Waals surface area contributed by atoms with Gasteiger partial charge in [0.1, 0.15) is 11.5 Å². The number of hydrogen-bond acceptors (Lipinski definition) is 5. The monoisotopic (exact) mass is 504 g/mol. The molecule has 0 saturated carbocycles. The lowest BCUT2D eigenvalue weighted by molar-refractivity contribution is 0.490. The molecule has 0 spiro atoms. The Hall–Kier alpha value is -4.00. The fourth-order valence-electron chi connectivity index (χ4n) is 4.90. The number of hydrogen-bond donors (Lipinski definition) is 0. The van der Waals surface area contributed by atoms with Crippen LogP contribution in [0.3, 0.4) is 0 Å². The van der Waals surface area contributed by atoms with E-state index in [-0.39, 0.29) is 11.5 Å². The molecule has 36 heavy (non-hydrogen) atoms. The van der Waals surface area contributed by atoms with Crippen LogP contribution in [0.25, 0.3) is 27.8 Å². The van der Waals surface area contributed by atoms with Crippen LogP contribution in [0.1, 0.15) is 27.5 Å². The van der Waals surface area contributed by atoms with Crippen molar-refractivity contribution in [1.82, 2.24) is 9.38 Å². The van der Waals surface area contributed by atoms with Gasteiger partial charge in [-0.25, -0.2) is 9.38 Å². The van der Waals surface area contributed by atoms with E-state index in [4.69, 9.17) is 9.72 Å². The van der Waals surface area contributed by atoms with E-state index < -0.39 is 0 Å². The lowest BCUT2D eigenvalue weighted by atomic mass is 9.81. The fourth-order valence-corrected chi connectivity index (χ4v) is 6.61. The maximum absolute atomic E-state index is 13.6. The first-order valence-electron chi connectivity index (χ1n) is 11.7. The Bertz CT molecular complexity index is 1890. The van der Waals surface area contributed by atoms with Crippen molar-refractivity contribution in [1.29, 1.82) is 0 Å². The Morgan fingerprint density at radius 3 is 2.58 bits per heavy atom. The van der Waals surface area contributed by atoms with Crippen LogP contribution < -0.4 is 14.8 Å². The fraction of sp³-hybridized carbons (Fsp3) is 0.0667. The first-order chi connectivity index (χ1) is 17.7. The van der Waals surface area contributed by atoms with Gasteiger partial charge in [0, 0.05) is 17.1 Å². The Labute approximate surface area is 215 Å². The summed E-state index contributed by atoms with van der Waals surface area (Å²) in [6.45, 7) is 2.09. The molecule has 0 bridgehead atoms. The van der Waals surface area contributed by atoms with Crippen molar-refractivity contribution in [2.24, 2.45) is 0 Å². The summed E-state index contributed by atoms with van der Waals surface area (Å²) in [5.74, 6) is 1.57. The number of thiophene rings is 1. The molecule has 4 heterocycles. The average molecular weight is 505 g/mol. The highest BCUT2D eigenvalue weighted by Gasteiger charge is 2.31. The van der Waals surface area contributed by atoms with Crippen molar-refractivity contribution >= 4 is 50.5 Å². The molecule has 0 aliphatic carbocycles. The maximum Gasteiger partial charge on any atom is 0.274 e. The van der Waals surface area contributed by atoms with Crippen LogP contribution in [-0.2, 0) is 0 Å². The summed E-state index contributed by atoms with van der Waals surface area (Å²) in [5, 5.41) is 2.05. The Morgan fingerprint density at radius 1 is 0.944 bits per heavy atom. The lowest BCUT2D eigenvalue weighted by Gasteiger charge is -2.29. The van der Waals surface area contributed by atoms with E-state index in [0.717, 1.165) is 44.1 Å². The van der Waals surface area contributed by atoms with Crippen LogP contribution >= 0.6 is 22.7 Å². The molecule has 3 aromatic heterocycles. The van der Waals surface area contributed by atoms with Crippen LogP contribution in [0.4, 0.5) is 0 Å². The van der Waals surface area contributed by atoms with Gasteiger partial charge in [0.15, 0.2) is 4.96 Å². The molecule has 1 atom stereocenters. The number of aromatic nitrogens is 2.